The molecule has 1 aromatic rings. The molecule has 7 heteroatoms. The maximum atomic E-state index is 11.4. The van der Waals surface area contributed by atoms with E-state index in [-0.39, 0.29) is 29.5 Å². The number of esters is 1. The molecule has 15 heavy (non-hydrogen) atoms. The maximum absolute atomic E-state index is 11.4. The van der Waals surface area contributed by atoms with Gasteiger partial charge in [0.2, 0.25) is 0 Å². The Morgan fingerprint density at radius 1 is 1.60 bits per heavy atom. The van der Waals surface area contributed by atoms with E-state index in [0.29, 0.717) is 0 Å². The number of rotatable bonds is 3. The summed E-state index contributed by atoms with van der Waals surface area (Å²) in [7, 11) is 0. The number of aromatic nitrogens is 1. The van der Waals surface area contributed by atoms with E-state index in [1.54, 1.807) is 6.92 Å². The SMILES string of the molecule is CCOC(=O)c1c(N)cc(NN)nc1N. The van der Waals surface area contributed by atoms with Crippen molar-refractivity contribution < 1.29 is 9.53 Å². The Bertz CT molecular complexity index is 356. The van der Waals surface area contributed by atoms with E-state index >= 15 is 0 Å². The van der Waals surface area contributed by atoms with Crippen molar-refractivity contribution in [3.63, 3.8) is 0 Å². The lowest BCUT2D eigenvalue weighted by Crippen LogP contribution is -2.15. The molecule has 0 unspecified atom stereocenters. The van der Waals surface area contributed by atoms with Crippen LogP contribution in [0.2, 0.25) is 0 Å². The lowest BCUT2D eigenvalue weighted by Gasteiger charge is -2.09. The lowest BCUT2D eigenvalue weighted by atomic mass is 10.2. The van der Waals surface area contributed by atoms with Crippen molar-refractivity contribution >= 4 is 23.3 Å². The molecule has 0 radical (unpaired) electrons. The molecule has 1 aromatic heterocycles. The van der Waals surface area contributed by atoms with Gasteiger partial charge in [-0.15, -0.1) is 0 Å². The van der Waals surface area contributed by atoms with Gasteiger partial charge in [-0.05, 0) is 6.92 Å². The van der Waals surface area contributed by atoms with E-state index in [1.807, 2.05) is 0 Å². The highest BCUT2D eigenvalue weighted by Crippen LogP contribution is 2.21. The quantitative estimate of drug-likeness (QED) is 0.307. The van der Waals surface area contributed by atoms with Crippen molar-refractivity contribution in [1.82, 2.24) is 4.98 Å². The molecular formula is C8H13N5O2. The van der Waals surface area contributed by atoms with Crippen molar-refractivity contribution in [1.29, 1.82) is 0 Å². The number of nitrogens with two attached hydrogens (primary N) is 3. The van der Waals surface area contributed by atoms with E-state index < -0.39 is 5.97 Å². The van der Waals surface area contributed by atoms with Crippen LogP contribution in [-0.4, -0.2) is 17.6 Å². The van der Waals surface area contributed by atoms with E-state index in [9.17, 15) is 4.79 Å². The number of ether oxygens (including phenoxy) is 1. The lowest BCUT2D eigenvalue weighted by molar-refractivity contribution is 0.0528. The molecular weight excluding hydrogens is 198 g/mol. The van der Waals surface area contributed by atoms with Crippen LogP contribution in [0.25, 0.3) is 0 Å². The van der Waals surface area contributed by atoms with Crippen LogP contribution in [0.1, 0.15) is 17.3 Å². The average molecular weight is 211 g/mol. The molecule has 0 saturated carbocycles. The summed E-state index contributed by atoms with van der Waals surface area (Å²) in [5.41, 5.74) is 13.7. The molecule has 0 aliphatic rings. The highest BCUT2D eigenvalue weighted by molar-refractivity contribution is 6.00. The minimum atomic E-state index is -0.594. The van der Waals surface area contributed by atoms with Crippen LogP contribution < -0.4 is 22.7 Å². The Morgan fingerprint density at radius 2 is 2.27 bits per heavy atom. The number of hydrogen-bond acceptors (Lipinski definition) is 7. The molecule has 7 N–H and O–H groups in total. The molecule has 1 heterocycles. The molecule has 0 aromatic carbocycles. The highest BCUT2D eigenvalue weighted by Gasteiger charge is 2.16. The van der Waals surface area contributed by atoms with Crippen LogP contribution in [0, 0.1) is 0 Å². The summed E-state index contributed by atoms with van der Waals surface area (Å²) in [5, 5.41) is 0. The first-order valence-electron chi connectivity index (χ1n) is 4.29. The van der Waals surface area contributed by atoms with Gasteiger partial charge in [0.05, 0.1) is 12.3 Å². The molecule has 0 atom stereocenters. The Morgan fingerprint density at radius 3 is 2.73 bits per heavy atom. The summed E-state index contributed by atoms with van der Waals surface area (Å²) >= 11 is 0. The fraction of sp³-hybridized carbons (Fsp3) is 0.250. The summed E-state index contributed by atoms with van der Waals surface area (Å²) in [4.78, 5) is 15.2. The molecule has 0 aliphatic carbocycles. The van der Waals surface area contributed by atoms with Gasteiger partial charge in [0.15, 0.2) is 0 Å². The smallest absolute Gasteiger partial charge is 0.344 e. The summed E-state index contributed by atoms with van der Waals surface area (Å²) in [6.07, 6.45) is 0. The minimum Gasteiger partial charge on any atom is -0.462 e. The van der Waals surface area contributed by atoms with E-state index in [2.05, 4.69) is 10.4 Å². The number of carbonyl (C=O) groups is 1. The zero-order chi connectivity index (χ0) is 11.4. The van der Waals surface area contributed by atoms with Gasteiger partial charge < -0.3 is 21.6 Å². The zero-order valence-electron chi connectivity index (χ0n) is 8.28. The molecule has 1 rings (SSSR count). The van der Waals surface area contributed by atoms with E-state index in [4.69, 9.17) is 22.0 Å². The van der Waals surface area contributed by atoms with E-state index in [0.717, 1.165) is 0 Å². The highest BCUT2D eigenvalue weighted by atomic mass is 16.5. The second-order valence-electron chi connectivity index (χ2n) is 2.72. The fourth-order valence-corrected chi connectivity index (χ4v) is 1.08. The summed E-state index contributed by atoms with van der Waals surface area (Å²) in [5.74, 6) is 4.82. The minimum absolute atomic E-state index is 0.0126. The standard InChI is InChI=1S/C8H13N5O2/c1-2-15-8(14)6-4(9)3-5(13-11)12-7(6)10/h3H,2,11H2,1H3,(H5,9,10,12,13). The van der Waals surface area contributed by atoms with Gasteiger partial charge in [-0.3, -0.25) is 0 Å². The monoisotopic (exact) mass is 211 g/mol. The van der Waals surface area contributed by atoms with Crippen LogP contribution in [-0.2, 0) is 4.74 Å². The van der Waals surface area contributed by atoms with Crippen molar-refractivity contribution in [3.8, 4) is 0 Å². The number of hydrogen-bond donors (Lipinski definition) is 4. The third-order valence-corrected chi connectivity index (χ3v) is 1.71. The van der Waals surface area contributed by atoms with Crippen LogP contribution in [0.4, 0.5) is 17.3 Å². The van der Waals surface area contributed by atoms with Gasteiger partial charge in [0.25, 0.3) is 0 Å². The summed E-state index contributed by atoms with van der Waals surface area (Å²) < 4.78 is 4.77. The Hall–Kier alpha value is -2.02. The van der Waals surface area contributed by atoms with Gasteiger partial charge in [0.1, 0.15) is 17.2 Å². The van der Waals surface area contributed by atoms with Crippen LogP contribution in [0.5, 0.6) is 0 Å². The second kappa shape index (κ2) is 4.47. The molecule has 7 nitrogen and oxygen atoms in total. The molecule has 0 bridgehead atoms. The Kier molecular flexibility index (Phi) is 3.29. The van der Waals surface area contributed by atoms with E-state index in [1.165, 1.54) is 6.07 Å². The molecule has 0 fully saturated rings. The first-order valence-corrected chi connectivity index (χ1v) is 4.29. The zero-order valence-corrected chi connectivity index (χ0v) is 8.28. The molecule has 0 aliphatic heterocycles. The third kappa shape index (κ3) is 2.26. The average Bonchev–Trinajstić information content (AvgIpc) is 2.16. The fourth-order valence-electron chi connectivity index (χ4n) is 1.08. The normalized spacial score (nSPS) is 9.73. The molecule has 0 spiro atoms. The van der Waals surface area contributed by atoms with Crippen molar-refractivity contribution in [2.75, 3.05) is 23.5 Å². The first-order chi connectivity index (χ1) is 7.10. The van der Waals surface area contributed by atoms with Gasteiger partial charge >= 0.3 is 5.97 Å². The maximum Gasteiger partial charge on any atom is 0.344 e. The van der Waals surface area contributed by atoms with Crippen LogP contribution >= 0.6 is 0 Å². The number of nitrogen functional groups attached to an aromatic ring is 3. The van der Waals surface area contributed by atoms with Gasteiger partial charge in [-0.1, -0.05) is 0 Å². The van der Waals surface area contributed by atoms with Crippen molar-refractivity contribution in [3.05, 3.63) is 11.6 Å². The van der Waals surface area contributed by atoms with Gasteiger partial charge in [-0.25, -0.2) is 15.6 Å². The Balaban J connectivity index is 3.13. The van der Waals surface area contributed by atoms with Crippen molar-refractivity contribution in [2.45, 2.75) is 6.92 Å². The van der Waals surface area contributed by atoms with Crippen LogP contribution in [0.15, 0.2) is 6.07 Å². The first kappa shape index (κ1) is 11.1. The van der Waals surface area contributed by atoms with Crippen LogP contribution in [0.3, 0.4) is 0 Å². The summed E-state index contributed by atoms with van der Waals surface area (Å²) in [6.45, 7) is 1.93. The largest absolute Gasteiger partial charge is 0.462 e. The summed E-state index contributed by atoms with van der Waals surface area (Å²) in [6, 6.07) is 1.41. The number of nitrogens with zero attached hydrogens (tertiary/aromatic N) is 1. The Labute approximate surface area is 86.6 Å². The predicted octanol–water partition coefficient (Wildman–Crippen LogP) is -0.292. The molecule has 82 valence electrons. The number of carbonyl (C=O) groups excluding carboxylic acids is 1. The topological polar surface area (TPSA) is 129 Å². The predicted molar refractivity (Wildman–Crippen MR) is 56.8 cm³/mol. The second-order valence-corrected chi connectivity index (χ2v) is 2.72. The number of nitrogens with one attached hydrogen (secondary N) is 1. The third-order valence-electron chi connectivity index (χ3n) is 1.71. The molecule has 0 amide bonds. The molecule has 0 saturated heterocycles. The number of hydrazine groups is 1. The van der Waals surface area contributed by atoms with Crippen molar-refractivity contribution in [2.24, 2.45) is 5.84 Å². The number of pyridine rings is 1. The van der Waals surface area contributed by atoms with Gasteiger partial charge in [0, 0.05) is 6.07 Å². The van der Waals surface area contributed by atoms with Gasteiger partial charge in [-0.2, -0.15) is 0 Å². The number of anilines is 3.